The zero-order valence-corrected chi connectivity index (χ0v) is 13.6. The SMILES string of the molecule is CCc1ccc(S(=O)(=O)Nc2ccccc2S(N)(=O)=O)s1. The molecule has 0 aliphatic rings. The molecule has 0 bridgehead atoms. The van der Waals surface area contributed by atoms with Crippen LogP contribution in [0.3, 0.4) is 0 Å². The number of anilines is 1. The van der Waals surface area contributed by atoms with E-state index in [2.05, 4.69) is 4.72 Å². The van der Waals surface area contributed by atoms with Crippen LogP contribution in [0.1, 0.15) is 11.8 Å². The van der Waals surface area contributed by atoms with E-state index >= 15 is 0 Å². The number of primary sulfonamides is 1. The van der Waals surface area contributed by atoms with Gasteiger partial charge in [-0.05, 0) is 30.7 Å². The highest BCUT2D eigenvalue weighted by Gasteiger charge is 2.21. The summed E-state index contributed by atoms with van der Waals surface area (Å²) in [5, 5.41) is 5.08. The summed E-state index contributed by atoms with van der Waals surface area (Å²) >= 11 is 1.14. The maximum Gasteiger partial charge on any atom is 0.271 e. The van der Waals surface area contributed by atoms with Crippen LogP contribution in [0.25, 0.3) is 0 Å². The lowest BCUT2D eigenvalue weighted by atomic mass is 10.3. The predicted molar refractivity (Wildman–Crippen MR) is 82.3 cm³/mol. The van der Waals surface area contributed by atoms with Crippen molar-refractivity contribution in [1.82, 2.24) is 0 Å². The summed E-state index contributed by atoms with van der Waals surface area (Å²) in [6.45, 7) is 1.92. The van der Waals surface area contributed by atoms with Gasteiger partial charge in [0, 0.05) is 4.88 Å². The first-order valence-corrected chi connectivity index (χ1v) is 9.82. The number of hydrogen-bond acceptors (Lipinski definition) is 5. The first-order chi connectivity index (χ1) is 9.74. The van der Waals surface area contributed by atoms with Crippen LogP contribution < -0.4 is 9.86 Å². The summed E-state index contributed by atoms with van der Waals surface area (Å²) in [4.78, 5) is 0.663. The fourth-order valence-corrected chi connectivity index (χ4v) is 4.82. The van der Waals surface area contributed by atoms with Gasteiger partial charge in [0.15, 0.2) is 0 Å². The molecule has 0 atom stereocenters. The van der Waals surface area contributed by atoms with Gasteiger partial charge in [0.05, 0.1) is 5.69 Å². The number of hydrogen-bond donors (Lipinski definition) is 2. The Morgan fingerprint density at radius 3 is 2.33 bits per heavy atom. The lowest BCUT2D eigenvalue weighted by Crippen LogP contribution is -2.18. The second-order valence-electron chi connectivity index (χ2n) is 4.22. The Balaban J connectivity index is 2.42. The van der Waals surface area contributed by atoms with Gasteiger partial charge in [-0.15, -0.1) is 11.3 Å². The molecule has 0 saturated heterocycles. The quantitative estimate of drug-likeness (QED) is 0.860. The minimum atomic E-state index is -4.01. The van der Waals surface area contributed by atoms with Crippen molar-refractivity contribution in [2.45, 2.75) is 22.4 Å². The van der Waals surface area contributed by atoms with Crippen LogP contribution in [0.4, 0.5) is 5.69 Å². The number of aryl methyl sites for hydroxylation is 1. The highest BCUT2D eigenvalue weighted by Crippen LogP contribution is 2.27. The molecule has 9 heteroatoms. The number of nitrogens with one attached hydrogen (secondary N) is 1. The summed E-state index contributed by atoms with van der Waals surface area (Å²) in [5.41, 5.74) is -0.0635. The second-order valence-corrected chi connectivity index (χ2v) is 8.83. The van der Waals surface area contributed by atoms with Gasteiger partial charge in [-0.2, -0.15) is 0 Å². The fraction of sp³-hybridized carbons (Fsp3) is 0.167. The molecule has 0 spiro atoms. The van der Waals surface area contributed by atoms with Gasteiger partial charge in [0.1, 0.15) is 9.10 Å². The number of nitrogens with two attached hydrogens (primary N) is 1. The Morgan fingerprint density at radius 1 is 1.10 bits per heavy atom. The molecule has 0 saturated carbocycles. The van der Waals surface area contributed by atoms with Crippen LogP contribution in [0.15, 0.2) is 45.5 Å². The molecule has 0 amide bonds. The molecule has 0 radical (unpaired) electrons. The Morgan fingerprint density at radius 2 is 1.76 bits per heavy atom. The third kappa shape index (κ3) is 3.62. The monoisotopic (exact) mass is 346 g/mol. The molecule has 2 rings (SSSR count). The zero-order valence-electron chi connectivity index (χ0n) is 11.1. The summed E-state index contributed by atoms with van der Waals surface area (Å²) < 4.78 is 49.9. The summed E-state index contributed by atoms with van der Waals surface area (Å²) in [6, 6.07) is 8.82. The fourth-order valence-electron chi connectivity index (χ4n) is 1.69. The van der Waals surface area contributed by atoms with Crippen molar-refractivity contribution in [2.24, 2.45) is 5.14 Å². The summed E-state index contributed by atoms with van der Waals surface area (Å²) in [6.07, 6.45) is 0.730. The molecule has 0 aliphatic carbocycles. The molecule has 114 valence electrons. The van der Waals surface area contributed by atoms with E-state index in [-0.39, 0.29) is 14.8 Å². The van der Waals surface area contributed by atoms with Gasteiger partial charge in [0.25, 0.3) is 10.0 Å². The lowest BCUT2D eigenvalue weighted by Gasteiger charge is -2.10. The van der Waals surface area contributed by atoms with Gasteiger partial charge in [0.2, 0.25) is 10.0 Å². The molecule has 1 aromatic carbocycles. The van der Waals surface area contributed by atoms with Gasteiger partial charge in [-0.1, -0.05) is 19.1 Å². The van der Waals surface area contributed by atoms with Crippen molar-refractivity contribution in [1.29, 1.82) is 0 Å². The average molecular weight is 346 g/mol. The van der Waals surface area contributed by atoms with Crippen LogP contribution in [-0.2, 0) is 26.5 Å². The van der Waals surface area contributed by atoms with Crippen LogP contribution in [-0.4, -0.2) is 16.8 Å². The summed E-state index contributed by atoms with van der Waals surface area (Å²) in [5.74, 6) is 0. The van der Waals surface area contributed by atoms with E-state index < -0.39 is 20.0 Å². The van der Waals surface area contributed by atoms with Crippen molar-refractivity contribution in [2.75, 3.05) is 4.72 Å². The van der Waals surface area contributed by atoms with Crippen molar-refractivity contribution in [3.05, 3.63) is 41.3 Å². The Labute approximate surface area is 127 Å². The molecular formula is C12H14N2O4S3. The van der Waals surface area contributed by atoms with Crippen molar-refractivity contribution in [3.63, 3.8) is 0 Å². The van der Waals surface area contributed by atoms with E-state index in [9.17, 15) is 16.8 Å². The number of benzene rings is 1. The van der Waals surface area contributed by atoms with Crippen LogP contribution in [0, 0.1) is 0 Å². The van der Waals surface area contributed by atoms with Crippen molar-refractivity contribution >= 4 is 37.1 Å². The van der Waals surface area contributed by atoms with Gasteiger partial charge >= 0.3 is 0 Å². The Hall–Kier alpha value is -1.42. The molecule has 3 N–H and O–H groups in total. The van der Waals surface area contributed by atoms with E-state index in [1.54, 1.807) is 6.07 Å². The minimum Gasteiger partial charge on any atom is -0.278 e. The zero-order chi connectivity index (χ0) is 15.7. The number of thiophene rings is 1. The molecule has 21 heavy (non-hydrogen) atoms. The van der Waals surface area contributed by atoms with Crippen LogP contribution in [0.2, 0.25) is 0 Å². The Kier molecular flexibility index (Phi) is 4.38. The smallest absolute Gasteiger partial charge is 0.271 e. The number of para-hydroxylation sites is 1. The molecule has 1 heterocycles. The molecule has 0 fully saturated rings. The van der Waals surface area contributed by atoms with E-state index in [0.717, 1.165) is 22.6 Å². The number of rotatable bonds is 5. The van der Waals surface area contributed by atoms with Gasteiger partial charge in [-0.3, -0.25) is 4.72 Å². The first kappa shape index (κ1) is 16.0. The maximum atomic E-state index is 12.3. The Bertz CT molecular complexity index is 854. The molecule has 0 aliphatic heterocycles. The molecular weight excluding hydrogens is 332 g/mol. The highest BCUT2D eigenvalue weighted by molar-refractivity contribution is 7.94. The van der Waals surface area contributed by atoms with Gasteiger partial charge in [-0.25, -0.2) is 22.0 Å². The topological polar surface area (TPSA) is 106 Å². The third-order valence-electron chi connectivity index (χ3n) is 2.69. The first-order valence-electron chi connectivity index (χ1n) is 5.97. The minimum absolute atomic E-state index is 0.0635. The average Bonchev–Trinajstić information content (AvgIpc) is 2.87. The maximum absolute atomic E-state index is 12.3. The standard InChI is InChI=1S/C12H14N2O4S3/c1-2-9-7-8-12(19-9)21(17,18)14-10-5-3-4-6-11(10)20(13,15)16/h3-8,14H,2H2,1H3,(H2,13,15,16). The lowest BCUT2D eigenvalue weighted by molar-refractivity contribution is 0.598. The van der Waals surface area contributed by atoms with E-state index in [0.29, 0.717) is 0 Å². The van der Waals surface area contributed by atoms with E-state index in [1.165, 1.54) is 30.3 Å². The van der Waals surface area contributed by atoms with E-state index in [4.69, 9.17) is 5.14 Å². The normalized spacial score (nSPS) is 12.3. The molecule has 6 nitrogen and oxygen atoms in total. The second kappa shape index (κ2) is 5.76. The largest absolute Gasteiger partial charge is 0.278 e. The van der Waals surface area contributed by atoms with Crippen molar-refractivity contribution < 1.29 is 16.8 Å². The van der Waals surface area contributed by atoms with Crippen LogP contribution >= 0.6 is 11.3 Å². The summed E-state index contributed by atoms with van der Waals surface area (Å²) in [7, 11) is -7.85. The molecule has 2 aromatic rings. The van der Waals surface area contributed by atoms with Crippen molar-refractivity contribution in [3.8, 4) is 0 Å². The predicted octanol–water partition coefficient (Wildman–Crippen LogP) is 1.76. The van der Waals surface area contributed by atoms with Gasteiger partial charge < -0.3 is 0 Å². The molecule has 1 aromatic heterocycles. The molecule has 0 unspecified atom stereocenters. The highest BCUT2D eigenvalue weighted by atomic mass is 32.2. The third-order valence-corrected chi connectivity index (χ3v) is 6.74. The van der Waals surface area contributed by atoms with E-state index in [1.807, 2.05) is 6.92 Å². The number of sulfonamides is 2. The van der Waals surface area contributed by atoms with Crippen LogP contribution in [0.5, 0.6) is 0 Å².